The molecule has 1 nitrogen and oxygen atoms in total. The predicted octanol–water partition coefficient (Wildman–Crippen LogP) is 3.37. The highest BCUT2D eigenvalue weighted by molar-refractivity contribution is 8.00. The third-order valence-electron chi connectivity index (χ3n) is 2.96. The molecule has 0 amide bonds. The first-order chi connectivity index (χ1) is 7.49. The fraction of sp³-hybridized carbons (Fsp3) is 0.538. The summed E-state index contributed by atoms with van der Waals surface area (Å²) in [4.78, 5) is 0. The molecule has 1 aromatic carbocycles. The Kier molecular flexibility index (Phi) is 3.27. The molecule has 1 aliphatic rings. The second kappa shape index (κ2) is 4.38. The van der Waals surface area contributed by atoms with Crippen LogP contribution in [0, 0.1) is 5.82 Å². The van der Waals surface area contributed by atoms with Gasteiger partial charge in [-0.3, -0.25) is 0 Å². The zero-order chi connectivity index (χ0) is 11.8. The van der Waals surface area contributed by atoms with E-state index in [-0.39, 0.29) is 17.4 Å². The minimum absolute atomic E-state index is 0.0735. The minimum atomic E-state index is -0.106. The van der Waals surface area contributed by atoms with Crippen molar-refractivity contribution >= 4 is 11.8 Å². The maximum absolute atomic E-state index is 13.8. The molecule has 1 N–H and O–H groups in total. The average Bonchev–Trinajstić information content (AvgIpc) is 2.23. The number of thioether (sulfide) groups is 1. The molecule has 1 aromatic rings. The number of hydrogen-bond acceptors (Lipinski definition) is 2. The van der Waals surface area contributed by atoms with E-state index >= 15 is 0 Å². The van der Waals surface area contributed by atoms with Gasteiger partial charge >= 0.3 is 0 Å². The van der Waals surface area contributed by atoms with Crippen LogP contribution in [-0.2, 0) is 0 Å². The Bertz CT molecular complexity index is 378. The van der Waals surface area contributed by atoms with Crippen LogP contribution in [0.2, 0.25) is 0 Å². The van der Waals surface area contributed by atoms with E-state index in [1.54, 1.807) is 6.07 Å². The standard InChI is InChI=1S/C13H18FNS/c1-9-12(15-13(2,3)8-16-9)10-6-4-5-7-11(10)14/h4-7,9,12,15H,8H2,1-3H3. The summed E-state index contributed by atoms with van der Waals surface area (Å²) < 4.78 is 13.8. The van der Waals surface area contributed by atoms with Gasteiger partial charge in [-0.1, -0.05) is 25.1 Å². The zero-order valence-electron chi connectivity index (χ0n) is 9.96. The van der Waals surface area contributed by atoms with Crippen molar-refractivity contribution in [2.75, 3.05) is 5.75 Å². The number of benzene rings is 1. The van der Waals surface area contributed by atoms with Gasteiger partial charge in [-0.25, -0.2) is 4.39 Å². The lowest BCUT2D eigenvalue weighted by molar-refractivity contribution is 0.346. The molecule has 2 unspecified atom stereocenters. The molecule has 88 valence electrons. The molecule has 2 rings (SSSR count). The molecule has 1 aliphatic heterocycles. The first-order valence-corrected chi connectivity index (χ1v) is 6.68. The van der Waals surface area contributed by atoms with Gasteiger partial charge in [0, 0.05) is 28.1 Å². The van der Waals surface area contributed by atoms with Crippen LogP contribution in [0.3, 0.4) is 0 Å². The van der Waals surface area contributed by atoms with E-state index in [1.807, 2.05) is 23.9 Å². The van der Waals surface area contributed by atoms with E-state index < -0.39 is 0 Å². The first kappa shape index (κ1) is 11.9. The van der Waals surface area contributed by atoms with E-state index in [0.717, 1.165) is 11.3 Å². The topological polar surface area (TPSA) is 12.0 Å². The van der Waals surface area contributed by atoms with Gasteiger partial charge in [0.2, 0.25) is 0 Å². The van der Waals surface area contributed by atoms with Gasteiger partial charge in [0.25, 0.3) is 0 Å². The highest BCUT2D eigenvalue weighted by Gasteiger charge is 2.34. The van der Waals surface area contributed by atoms with Crippen LogP contribution in [0.15, 0.2) is 24.3 Å². The van der Waals surface area contributed by atoms with Gasteiger partial charge in [-0.05, 0) is 19.9 Å². The van der Waals surface area contributed by atoms with Crippen molar-refractivity contribution in [2.24, 2.45) is 0 Å². The van der Waals surface area contributed by atoms with Crippen LogP contribution in [-0.4, -0.2) is 16.5 Å². The lowest BCUT2D eigenvalue weighted by Crippen LogP contribution is -2.50. The maximum Gasteiger partial charge on any atom is 0.128 e. The summed E-state index contributed by atoms with van der Waals surface area (Å²) >= 11 is 1.91. The SMILES string of the molecule is CC1SCC(C)(C)NC1c1ccccc1F. The Morgan fingerprint density at radius 2 is 2.06 bits per heavy atom. The van der Waals surface area contributed by atoms with Crippen LogP contribution in [0.1, 0.15) is 32.4 Å². The molecule has 1 saturated heterocycles. The summed E-state index contributed by atoms with van der Waals surface area (Å²) in [5, 5.41) is 3.95. The molecule has 3 heteroatoms. The molecule has 0 saturated carbocycles. The highest BCUT2D eigenvalue weighted by atomic mass is 32.2. The van der Waals surface area contributed by atoms with Gasteiger partial charge < -0.3 is 5.32 Å². The van der Waals surface area contributed by atoms with Crippen molar-refractivity contribution in [2.45, 2.75) is 37.6 Å². The maximum atomic E-state index is 13.8. The summed E-state index contributed by atoms with van der Waals surface area (Å²) in [7, 11) is 0. The van der Waals surface area contributed by atoms with Crippen molar-refractivity contribution in [1.29, 1.82) is 0 Å². The number of rotatable bonds is 1. The Morgan fingerprint density at radius 1 is 1.38 bits per heavy atom. The largest absolute Gasteiger partial charge is 0.303 e. The fourth-order valence-corrected chi connectivity index (χ4v) is 3.24. The van der Waals surface area contributed by atoms with Crippen molar-refractivity contribution < 1.29 is 4.39 Å². The summed E-state index contributed by atoms with van der Waals surface area (Å²) in [5.74, 6) is 0.962. The molecule has 1 heterocycles. The smallest absolute Gasteiger partial charge is 0.128 e. The molecule has 16 heavy (non-hydrogen) atoms. The van der Waals surface area contributed by atoms with Crippen molar-refractivity contribution in [1.82, 2.24) is 5.32 Å². The summed E-state index contributed by atoms with van der Waals surface area (Å²) in [6.07, 6.45) is 0. The van der Waals surface area contributed by atoms with E-state index in [4.69, 9.17) is 0 Å². The summed E-state index contributed by atoms with van der Waals surface area (Å²) in [6, 6.07) is 7.17. The number of hydrogen-bond donors (Lipinski definition) is 1. The van der Waals surface area contributed by atoms with Gasteiger partial charge in [-0.2, -0.15) is 11.8 Å². The van der Waals surface area contributed by atoms with Gasteiger partial charge in [0.1, 0.15) is 5.82 Å². The molecular weight excluding hydrogens is 221 g/mol. The van der Waals surface area contributed by atoms with E-state index in [0.29, 0.717) is 5.25 Å². The zero-order valence-corrected chi connectivity index (χ0v) is 10.8. The molecular formula is C13H18FNS. The third-order valence-corrected chi connectivity index (χ3v) is 4.65. The van der Waals surface area contributed by atoms with E-state index in [1.165, 1.54) is 6.07 Å². The van der Waals surface area contributed by atoms with Crippen molar-refractivity contribution in [3.63, 3.8) is 0 Å². The molecule has 0 bridgehead atoms. The lowest BCUT2D eigenvalue weighted by Gasteiger charge is -2.41. The second-order valence-electron chi connectivity index (χ2n) is 5.04. The molecule has 0 aromatic heterocycles. The minimum Gasteiger partial charge on any atom is -0.303 e. The van der Waals surface area contributed by atoms with Crippen LogP contribution in [0.5, 0.6) is 0 Å². The van der Waals surface area contributed by atoms with Crippen LogP contribution in [0.25, 0.3) is 0 Å². The Labute approximate surface area is 101 Å². The number of nitrogens with one attached hydrogen (secondary N) is 1. The van der Waals surface area contributed by atoms with Gasteiger partial charge in [0.05, 0.1) is 0 Å². The predicted molar refractivity (Wildman–Crippen MR) is 68.3 cm³/mol. The average molecular weight is 239 g/mol. The monoisotopic (exact) mass is 239 g/mol. The van der Waals surface area contributed by atoms with E-state index in [9.17, 15) is 4.39 Å². The molecule has 0 spiro atoms. The summed E-state index contributed by atoms with van der Waals surface area (Å²) in [6.45, 7) is 6.49. The molecule has 0 radical (unpaired) electrons. The number of halogens is 1. The van der Waals surface area contributed by atoms with Crippen LogP contribution < -0.4 is 5.32 Å². The normalized spacial score (nSPS) is 29.0. The molecule has 0 aliphatic carbocycles. The third kappa shape index (κ3) is 2.41. The van der Waals surface area contributed by atoms with Crippen LogP contribution in [0.4, 0.5) is 4.39 Å². The van der Waals surface area contributed by atoms with Crippen LogP contribution >= 0.6 is 11.8 Å². The highest BCUT2D eigenvalue weighted by Crippen LogP contribution is 2.36. The Morgan fingerprint density at radius 3 is 2.75 bits per heavy atom. The van der Waals surface area contributed by atoms with Gasteiger partial charge in [-0.15, -0.1) is 0 Å². The lowest BCUT2D eigenvalue weighted by atomic mass is 9.98. The van der Waals surface area contributed by atoms with Crippen molar-refractivity contribution in [3.8, 4) is 0 Å². The Hall–Kier alpha value is -0.540. The van der Waals surface area contributed by atoms with Gasteiger partial charge in [0.15, 0.2) is 0 Å². The van der Waals surface area contributed by atoms with Crippen molar-refractivity contribution in [3.05, 3.63) is 35.6 Å². The fourth-order valence-electron chi connectivity index (χ4n) is 2.07. The quantitative estimate of drug-likeness (QED) is 0.806. The molecule has 1 fully saturated rings. The second-order valence-corrected chi connectivity index (χ2v) is 6.41. The Balaban J connectivity index is 2.28. The summed E-state index contributed by atoms with van der Waals surface area (Å²) in [5.41, 5.74) is 0.861. The first-order valence-electron chi connectivity index (χ1n) is 5.63. The van der Waals surface area contributed by atoms with E-state index in [2.05, 4.69) is 26.1 Å². The molecule has 2 atom stereocenters.